The Balaban J connectivity index is 1.77. The lowest BCUT2D eigenvalue weighted by Crippen LogP contribution is -2.44. The number of hydrogen-bond donors (Lipinski definition) is 2. The van der Waals surface area contributed by atoms with Gasteiger partial charge in [-0.2, -0.15) is 0 Å². The van der Waals surface area contributed by atoms with Crippen molar-refractivity contribution >= 4 is 0 Å². The molecule has 2 unspecified atom stereocenters. The van der Waals surface area contributed by atoms with Gasteiger partial charge < -0.3 is 10.4 Å². The van der Waals surface area contributed by atoms with Gasteiger partial charge in [-0.05, 0) is 31.2 Å². The van der Waals surface area contributed by atoms with Crippen LogP contribution >= 0.6 is 0 Å². The number of aryl methyl sites for hydroxylation is 1. The molecule has 0 spiro atoms. The van der Waals surface area contributed by atoms with E-state index in [9.17, 15) is 0 Å². The molecule has 1 aliphatic rings. The van der Waals surface area contributed by atoms with Gasteiger partial charge in [-0.25, -0.2) is 0 Å². The molecule has 0 saturated carbocycles. The molecule has 1 saturated heterocycles. The van der Waals surface area contributed by atoms with Crippen molar-refractivity contribution in [3.05, 3.63) is 35.9 Å². The molecule has 0 bridgehead atoms. The highest BCUT2D eigenvalue weighted by molar-refractivity contribution is 5.14. The van der Waals surface area contributed by atoms with Crippen LogP contribution in [0.4, 0.5) is 0 Å². The van der Waals surface area contributed by atoms with Gasteiger partial charge in [-0.1, -0.05) is 36.8 Å². The van der Waals surface area contributed by atoms with E-state index in [0.29, 0.717) is 12.1 Å². The van der Waals surface area contributed by atoms with Crippen LogP contribution in [0.2, 0.25) is 0 Å². The Morgan fingerprint density at radius 2 is 1.88 bits per heavy atom. The van der Waals surface area contributed by atoms with Gasteiger partial charge in [-0.15, -0.1) is 0 Å². The van der Waals surface area contributed by atoms with Crippen molar-refractivity contribution < 1.29 is 5.11 Å². The summed E-state index contributed by atoms with van der Waals surface area (Å²) >= 11 is 0. The number of aliphatic hydroxyl groups is 1. The summed E-state index contributed by atoms with van der Waals surface area (Å²) in [6, 6.07) is 11.5. The van der Waals surface area contributed by atoms with Gasteiger partial charge in [0.1, 0.15) is 0 Å². The molecule has 1 aromatic rings. The van der Waals surface area contributed by atoms with Crippen molar-refractivity contribution in [1.82, 2.24) is 5.32 Å². The van der Waals surface area contributed by atoms with Crippen molar-refractivity contribution in [2.75, 3.05) is 6.61 Å². The van der Waals surface area contributed by atoms with Gasteiger partial charge >= 0.3 is 0 Å². The minimum atomic E-state index is 0.280. The SMILES string of the molecule is OCC1CCCC(CCc2ccccc2)N1. The van der Waals surface area contributed by atoms with Crippen molar-refractivity contribution in [3.8, 4) is 0 Å². The summed E-state index contributed by atoms with van der Waals surface area (Å²) in [5.74, 6) is 0. The van der Waals surface area contributed by atoms with Crippen molar-refractivity contribution in [2.24, 2.45) is 0 Å². The van der Waals surface area contributed by atoms with E-state index in [4.69, 9.17) is 5.11 Å². The zero-order valence-electron chi connectivity index (χ0n) is 9.73. The first-order valence-corrected chi connectivity index (χ1v) is 6.29. The lowest BCUT2D eigenvalue weighted by Gasteiger charge is -2.30. The van der Waals surface area contributed by atoms with Gasteiger partial charge in [0.2, 0.25) is 0 Å². The molecule has 0 amide bonds. The zero-order valence-corrected chi connectivity index (χ0v) is 9.73. The van der Waals surface area contributed by atoms with E-state index in [-0.39, 0.29) is 6.61 Å². The van der Waals surface area contributed by atoms with Crippen LogP contribution in [0, 0.1) is 0 Å². The van der Waals surface area contributed by atoms with Crippen LogP contribution < -0.4 is 5.32 Å². The van der Waals surface area contributed by atoms with E-state index in [0.717, 1.165) is 12.8 Å². The van der Waals surface area contributed by atoms with Crippen LogP contribution in [0.1, 0.15) is 31.2 Å². The Morgan fingerprint density at radius 3 is 2.62 bits per heavy atom. The Bertz CT molecular complexity index is 299. The van der Waals surface area contributed by atoms with Crippen LogP contribution in [0.3, 0.4) is 0 Å². The summed E-state index contributed by atoms with van der Waals surface area (Å²) < 4.78 is 0. The zero-order chi connectivity index (χ0) is 11.2. The maximum absolute atomic E-state index is 9.13. The van der Waals surface area contributed by atoms with Crippen LogP contribution in [0.15, 0.2) is 30.3 Å². The molecule has 1 fully saturated rings. The van der Waals surface area contributed by atoms with Crippen LogP contribution in [0.25, 0.3) is 0 Å². The summed E-state index contributed by atoms with van der Waals surface area (Å²) in [7, 11) is 0. The summed E-state index contributed by atoms with van der Waals surface area (Å²) in [4.78, 5) is 0. The second-order valence-electron chi connectivity index (χ2n) is 4.70. The van der Waals surface area contributed by atoms with Gasteiger partial charge in [0.25, 0.3) is 0 Å². The molecule has 2 nitrogen and oxygen atoms in total. The quantitative estimate of drug-likeness (QED) is 0.813. The Morgan fingerprint density at radius 1 is 1.12 bits per heavy atom. The Kier molecular flexibility index (Phi) is 4.37. The van der Waals surface area contributed by atoms with E-state index >= 15 is 0 Å². The summed E-state index contributed by atoms with van der Waals surface area (Å²) in [6.07, 6.45) is 5.94. The number of rotatable bonds is 4. The minimum Gasteiger partial charge on any atom is -0.395 e. The highest BCUT2D eigenvalue weighted by Gasteiger charge is 2.19. The standard InChI is InChI=1S/C14H21NO/c16-11-14-8-4-7-13(15-14)10-9-12-5-2-1-3-6-12/h1-3,5-6,13-16H,4,7-11H2. The maximum atomic E-state index is 9.13. The molecule has 2 N–H and O–H groups in total. The number of hydrogen-bond acceptors (Lipinski definition) is 2. The first kappa shape index (κ1) is 11.6. The van der Waals surface area contributed by atoms with Gasteiger partial charge in [0.05, 0.1) is 6.61 Å². The predicted molar refractivity (Wildman–Crippen MR) is 66.4 cm³/mol. The lowest BCUT2D eigenvalue weighted by atomic mass is 9.94. The third-order valence-electron chi connectivity index (χ3n) is 3.42. The van der Waals surface area contributed by atoms with Crippen molar-refractivity contribution in [3.63, 3.8) is 0 Å². The average molecular weight is 219 g/mol. The smallest absolute Gasteiger partial charge is 0.0584 e. The second kappa shape index (κ2) is 6.02. The fraction of sp³-hybridized carbons (Fsp3) is 0.571. The third kappa shape index (κ3) is 3.32. The van der Waals surface area contributed by atoms with Crippen LogP contribution in [-0.2, 0) is 6.42 Å². The first-order chi connectivity index (χ1) is 7.88. The Hall–Kier alpha value is -0.860. The minimum absolute atomic E-state index is 0.280. The lowest BCUT2D eigenvalue weighted by molar-refractivity contribution is 0.194. The summed E-state index contributed by atoms with van der Waals surface area (Å²) in [5.41, 5.74) is 1.41. The van der Waals surface area contributed by atoms with E-state index in [1.165, 1.54) is 24.8 Å². The normalized spacial score (nSPS) is 25.6. The molecule has 88 valence electrons. The van der Waals surface area contributed by atoms with Crippen molar-refractivity contribution in [2.45, 2.75) is 44.2 Å². The molecular formula is C14H21NO. The topological polar surface area (TPSA) is 32.3 Å². The number of nitrogens with one attached hydrogen (secondary N) is 1. The molecule has 2 rings (SSSR count). The highest BCUT2D eigenvalue weighted by Crippen LogP contribution is 2.16. The average Bonchev–Trinajstić information content (AvgIpc) is 2.38. The predicted octanol–water partition coefficient (Wildman–Crippen LogP) is 2.12. The second-order valence-corrected chi connectivity index (χ2v) is 4.70. The number of benzene rings is 1. The van der Waals surface area contributed by atoms with E-state index in [2.05, 4.69) is 35.6 Å². The molecule has 1 aliphatic heterocycles. The van der Waals surface area contributed by atoms with Crippen molar-refractivity contribution in [1.29, 1.82) is 0 Å². The fourth-order valence-electron chi connectivity index (χ4n) is 2.47. The summed E-state index contributed by atoms with van der Waals surface area (Å²) in [6.45, 7) is 0.280. The number of piperidine rings is 1. The first-order valence-electron chi connectivity index (χ1n) is 6.29. The molecule has 16 heavy (non-hydrogen) atoms. The molecule has 2 heteroatoms. The molecule has 1 heterocycles. The fourth-order valence-corrected chi connectivity index (χ4v) is 2.47. The van der Waals surface area contributed by atoms with Crippen LogP contribution in [0.5, 0.6) is 0 Å². The van der Waals surface area contributed by atoms with Gasteiger partial charge in [-0.3, -0.25) is 0 Å². The molecule has 2 atom stereocenters. The monoisotopic (exact) mass is 219 g/mol. The number of aliphatic hydroxyl groups excluding tert-OH is 1. The maximum Gasteiger partial charge on any atom is 0.0584 e. The van der Waals surface area contributed by atoms with E-state index in [1.54, 1.807) is 0 Å². The highest BCUT2D eigenvalue weighted by atomic mass is 16.3. The van der Waals surface area contributed by atoms with Gasteiger partial charge in [0.15, 0.2) is 0 Å². The van der Waals surface area contributed by atoms with Gasteiger partial charge in [0, 0.05) is 12.1 Å². The van der Waals surface area contributed by atoms with Crippen LogP contribution in [-0.4, -0.2) is 23.8 Å². The van der Waals surface area contributed by atoms with E-state index in [1.807, 2.05) is 0 Å². The molecule has 0 aliphatic carbocycles. The Labute approximate surface area is 97.7 Å². The summed E-state index contributed by atoms with van der Waals surface area (Å²) in [5, 5.41) is 12.7. The molecule has 0 radical (unpaired) electrons. The molecule has 1 aromatic carbocycles. The molecule has 0 aromatic heterocycles. The largest absolute Gasteiger partial charge is 0.395 e. The molecular weight excluding hydrogens is 198 g/mol. The third-order valence-corrected chi connectivity index (χ3v) is 3.42. The van der Waals surface area contributed by atoms with E-state index < -0.39 is 0 Å².